The van der Waals surface area contributed by atoms with Crippen LogP contribution in [0.2, 0.25) is 0 Å². The molecule has 1 atom stereocenters. The molecule has 3 heteroatoms. The number of piperidine rings is 1. The summed E-state index contributed by atoms with van der Waals surface area (Å²) in [5.41, 5.74) is 0. The van der Waals surface area contributed by atoms with Gasteiger partial charge in [0.1, 0.15) is 5.78 Å². The fourth-order valence-electron chi connectivity index (χ4n) is 1.53. The molecule has 0 radical (unpaired) electrons. The molecule has 3 nitrogen and oxygen atoms in total. The zero-order valence-electron chi connectivity index (χ0n) is 7.18. The summed E-state index contributed by atoms with van der Waals surface area (Å²) in [5, 5.41) is 11.6. The van der Waals surface area contributed by atoms with Gasteiger partial charge in [-0.05, 0) is 19.4 Å². The molecule has 0 saturated carbocycles. The first-order valence-corrected chi connectivity index (χ1v) is 4.45. The van der Waals surface area contributed by atoms with Gasteiger partial charge in [0.25, 0.3) is 0 Å². The van der Waals surface area contributed by atoms with Crippen LogP contribution in [-0.4, -0.2) is 18.4 Å². The Balaban J connectivity index is 2.21. The third kappa shape index (κ3) is 3.02. The van der Waals surface area contributed by atoms with Gasteiger partial charge in [0.2, 0.25) is 0 Å². The van der Waals surface area contributed by atoms with E-state index in [9.17, 15) is 4.79 Å². The molecule has 1 fully saturated rings. The molecule has 1 rings (SSSR count). The molecular weight excluding hydrogens is 152 g/mol. The van der Waals surface area contributed by atoms with Gasteiger partial charge >= 0.3 is 0 Å². The first kappa shape index (κ1) is 9.21. The molecule has 1 N–H and O–H groups in total. The molecule has 0 aromatic carbocycles. The molecule has 12 heavy (non-hydrogen) atoms. The SMILES string of the molecule is N#CCC(=O)CC1CCCCN1. The van der Waals surface area contributed by atoms with Crippen molar-refractivity contribution in [3.05, 3.63) is 0 Å². The average molecular weight is 166 g/mol. The molecule has 0 aromatic heterocycles. The normalized spacial score (nSPS) is 23.1. The molecule has 0 aromatic rings. The van der Waals surface area contributed by atoms with Crippen molar-refractivity contribution < 1.29 is 4.79 Å². The van der Waals surface area contributed by atoms with Crippen LogP contribution in [0.5, 0.6) is 0 Å². The summed E-state index contributed by atoms with van der Waals surface area (Å²) in [6, 6.07) is 2.21. The third-order valence-electron chi connectivity index (χ3n) is 2.16. The molecule has 0 aliphatic carbocycles. The first-order valence-electron chi connectivity index (χ1n) is 4.45. The number of rotatable bonds is 3. The van der Waals surface area contributed by atoms with Crippen LogP contribution in [0.3, 0.4) is 0 Å². The average Bonchev–Trinajstić information content (AvgIpc) is 2.06. The topological polar surface area (TPSA) is 52.9 Å². The van der Waals surface area contributed by atoms with Crippen molar-refractivity contribution in [2.24, 2.45) is 0 Å². The molecule has 1 heterocycles. The Morgan fingerprint density at radius 3 is 3.00 bits per heavy atom. The Kier molecular flexibility index (Phi) is 3.75. The summed E-state index contributed by atoms with van der Waals surface area (Å²) in [7, 11) is 0. The molecule has 0 spiro atoms. The minimum atomic E-state index is 0.0666. The van der Waals surface area contributed by atoms with E-state index in [1.807, 2.05) is 6.07 Å². The van der Waals surface area contributed by atoms with Crippen molar-refractivity contribution in [2.45, 2.75) is 38.1 Å². The Hall–Kier alpha value is -0.880. The molecule has 0 amide bonds. The molecule has 1 aliphatic heterocycles. The number of carbonyl (C=O) groups excluding carboxylic acids is 1. The Bertz CT molecular complexity index is 189. The Morgan fingerprint density at radius 2 is 2.42 bits per heavy atom. The molecular formula is C9H14N2O. The van der Waals surface area contributed by atoms with Gasteiger partial charge in [-0.1, -0.05) is 6.42 Å². The zero-order chi connectivity index (χ0) is 8.81. The second-order valence-corrected chi connectivity index (χ2v) is 3.22. The van der Waals surface area contributed by atoms with Gasteiger partial charge in [-0.2, -0.15) is 5.26 Å². The van der Waals surface area contributed by atoms with Crippen molar-refractivity contribution in [3.8, 4) is 6.07 Å². The summed E-state index contributed by atoms with van der Waals surface area (Å²) in [5.74, 6) is 0.0666. The van der Waals surface area contributed by atoms with Gasteiger partial charge < -0.3 is 5.32 Å². The highest BCUT2D eigenvalue weighted by atomic mass is 16.1. The van der Waals surface area contributed by atoms with Gasteiger partial charge in [0, 0.05) is 12.5 Å². The van der Waals surface area contributed by atoms with Crippen LogP contribution in [0, 0.1) is 11.3 Å². The van der Waals surface area contributed by atoms with E-state index >= 15 is 0 Å². The van der Waals surface area contributed by atoms with E-state index in [1.165, 1.54) is 12.8 Å². The number of nitrogens with one attached hydrogen (secondary N) is 1. The van der Waals surface area contributed by atoms with Crippen LogP contribution in [0.25, 0.3) is 0 Å². The van der Waals surface area contributed by atoms with Gasteiger partial charge in [0.15, 0.2) is 0 Å². The third-order valence-corrected chi connectivity index (χ3v) is 2.16. The summed E-state index contributed by atoms with van der Waals surface area (Å²) in [6.07, 6.45) is 4.10. The molecule has 1 unspecified atom stereocenters. The quantitative estimate of drug-likeness (QED) is 0.680. The van der Waals surface area contributed by atoms with Crippen molar-refractivity contribution >= 4 is 5.78 Å². The highest BCUT2D eigenvalue weighted by Gasteiger charge is 2.15. The van der Waals surface area contributed by atoms with Crippen molar-refractivity contribution in [3.63, 3.8) is 0 Å². The minimum Gasteiger partial charge on any atom is -0.314 e. The molecule has 1 saturated heterocycles. The first-order chi connectivity index (χ1) is 5.83. The molecule has 66 valence electrons. The fourth-order valence-corrected chi connectivity index (χ4v) is 1.53. The van der Waals surface area contributed by atoms with E-state index in [2.05, 4.69) is 5.32 Å². The Morgan fingerprint density at radius 1 is 1.58 bits per heavy atom. The predicted molar refractivity (Wildman–Crippen MR) is 45.5 cm³/mol. The van der Waals surface area contributed by atoms with Crippen molar-refractivity contribution in [1.29, 1.82) is 5.26 Å². The van der Waals surface area contributed by atoms with Crippen LogP contribution < -0.4 is 5.32 Å². The maximum atomic E-state index is 11.0. The van der Waals surface area contributed by atoms with Gasteiger partial charge in [-0.25, -0.2) is 0 Å². The number of hydrogen-bond donors (Lipinski definition) is 1. The lowest BCUT2D eigenvalue weighted by atomic mass is 9.99. The summed E-state index contributed by atoms with van der Waals surface area (Å²) in [4.78, 5) is 11.0. The van der Waals surface area contributed by atoms with Crippen LogP contribution in [0.1, 0.15) is 32.1 Å². The van der Waals surface area contributed by atoms with Crippen molar-refractivity contribution in [2.75, 3.05) is 6.54 Å². The Labute approximate surface area is 72.8 Å². The van der Waals surface area contributed by atoms with Gasteiger partial charge in [-0.15, -0.1) is 0 Å². The van der Waals surface area contributed by atoms with Crippen molar-refractivity contribution in [1.82, 2.24) is 5.32 Å². The highest BCUT2D eigenvalue weighted by molar-refractivity contribution is 5.80. The van der Waals surface area contributed by atoms with Crippen LogP contribution in [0.15, 0.2) is 0 Å². The van der Waals surface area contributed by atoms with E-state index in [0.717, 1.165) is 13.0 Å². The van der Waals surface area contributed by atoms with Gasteiger partial charge in [-0.3, -0.25) is 4.79 Å². The lowest BCUT2D eigenvalue weighted by Crippen LogP contribution is -2.35. The predicted octanol–water partition coefficient (Wildman–Crippen LogP) is 1.00. The summed E-state index contributed by atoms with van der Waals surface area (Å²) in [6.45, 7) is 1.02. The largest absolute Gasteiger partial charge is 0.314 e. The number of nitriles is 1. The second kappa shape index (κ2) is 4.89. The number of hydrogen-bond acceptors (Lipinski definition) is 3. The van der Waals surface area contributed by atoms with Crippen LogP contribution >= 0.6 is 0 Å². The molecule has 1 aliphatic rings. The van der Waals surface area contributed by atoms with Crippen LogP contribution in [-0.2, 0) is 4.79 Å². The summed E-state index contributed by atoms with van der Waals surface area (Å²) < 4.78 is 0. The molecule has 0 bridgehead atoms. The number of ketones is 1. The minimum absolute atomic E-state index is 0.0666. The monoisotopic (exact) mass is 166 g/mol. The van der Waals surface area contributed by atoms with Crippen LogP contribution in [0.4, 0.5) is 0 Å². The summed E-state index contributed by atoms with van der Waals surface area (Å²) >= 11 is 0. The van der Waals surface area contributed by atoms with Gasteiger partial charge in [0.05, 0.1) is 12.5 Å². The van der Waals surface area contributed by atoms with E-state index < -0.39 is 0 Å². The smallest absolute Gasteiger partial charge is 0.148 e. The fraction of sp³-hybridized carbons (Fsp3) is 0.778. The lowest BCUT2D eigenvalue weighted by molar-refractivity contribution is -0.118. The number of Topliss-reactive ketones (excluding diaryl/α,β-unsaturated/α-hetero) is 1. The lowest BCUT2D eigenvalue weighted by Gasteiger charge is -2.22. The van der Waals surface area contributed by atoms with E-state index in [-0.39, 0.29) is 12.2 Å². The number of carbonyl (C=O) groups is 1. The van der Waals surface area contributed by atoms with E-state index in [0.29, 0.717) is 12.5 Å². The second-order valence-electron chi connectivity index (χ2n) is 3.22. The van der Waals surface area contributed by atoms with E-state index in [1.54, 1.807) is 0 Å². The highest BCUT2D eigenvalue weighted by Crippen LogP contribution is 2.10. The zero-order valence-corrected chi connectivity index (χ0v) is 7.18. The number of nitrogens with zero attached hydrogens (tertiary/aromatic N) is 1. The maximum Gasteiger partial charge on any atom is 0.148 e. The van der Waals surface area contributed by atoms with E-state index in [4.69, 9.17) is 5.26 Å². The standard InChI is InChI=1S/C9H14N2O/c10-5-4-9(12)7-8-3-1-2-6-11-8/h8,11H,1-4,6-7H2. The maximum absolute atomic E-state index is 11.0.